The molecule has 0 aliphatic carbocycles. The van der Waals surface area contributed by atoms with Crippen molar-refractivity contribution in [3.8, 4) is 11.8 Å². The third-order valence-electron chi connectivity index (χ3n) is 3.66. The molecule has 5 heteroatoms. The van der Waals surface area contributed by atoms with Gasteiger partial charge in [0.05, 0.1) is 11.7 Å². The van der Waals surface area contributed by atoms with E-state index in [-0.39, 0.29) is 11.9 Å². The van der Waals surface area contributed by atoms with Crippen molar-refractivity contribution in [3.05, 3.63) is 52.8 Å². The van der Waals surface area contributed by atoms with E-state index in [9.17, 15) is 9.90 Å². The normalized spacial score (nSPS) is 12.2. The lowest BCUT2D eigenvalue weighted by Gasteiger charge is -2.15. The maximum atomic E-state index is 12.4. The molecule has 0 bridgehead atoms. The zero-order valence-corrected chi connectivity index (χ0v) is 15.4. The number of carbonyl (C=O) groups excluding carboxylic acids is 1. The number of rotatable bonds is 4. The van der Waals surface area contributed by atoms with E-state index in [4.69, 9.17) is 0 Å². The second-order valence-electron chi connectivity index (χ2n) is 6.82. The fourth-order valence-electron chi connectivity index (χ4n) is 2.48. The Kier molecular flexibility index (Phi) is 5.66. The lowest BCUT2D eigenvalue weighted by atomic mass is 10.1. The van der Waals surface area contributed by atoms with Crippen molar-refractivity contribution >= 4 is 5.91 Å². The maximum absolute atomic E-state index is 12.4. The van der Waals surface area contributed by atoms with E-state index in [1.807, 2.05) is 37.6 Å². The topological polar surface area (TPSA) is 67.2 Å². The van der Waals surface area contributed by atoms with E-state index in [0.29, 0.717) is 17.7 Å². The van der Waals surface area contributed by atoms with Crippen LogP contribution in [0.3, 0.4) is 0 Å². The Morgan fingerprint density at radius 3 is 2.68 bits per heavy atom. The molecular formula is C20H25N3O2. The van der Waals surface area contributed by atoms with Crippen LogP contribution >= 0.6 is 0 Å². The summed E-state index contributed by atoms with van der Waals surface area (Å²) in [4.78, 5) is 12.4. The Balaban J connectivity index is 2.03. The third-order valence-corrected chi connectivity index (χ3v) is 3.66. The Hall–Kier alpha value is -2.58. The molecular weight excluding hydrogens is 314 g/mol. The molecule has 0 radical (unpaired) electrons. The van der Waals surface area contributed by atoms with Crippen molar-refractivity contribution in [2.45, 2.75) is 46.3 Å². The first-order chi connectivity index (χ1) is 11.7. The van der Waals surface area contributed by atoms with E-state index in [1.54, 1.807) is 32.0 Å². The highest BCUT2D eigenvalue weighted by Gasteiger charge is 2.12. The molecule has 5 nitrogen and oxygen atoms in total. The highest BCUT2D eigenvalue weighted by Crippen LogP contribution is 2.10. The van der Waals surface area contributed by atoms with Crippen LogP contribution in [0, 0.1) is 25.7 Å². The number of hydrogen-bond acceptors (Lipinski definition) is 3. The molecule has 0 saturated carbocycles. The van der Waals surface area contributed by atoms with Gasteiger partial charge in [-0.05, 0) is 58.9 Å². The number of nitrogens with one attached hydrogen (secondary N) is 1. The summed E-state index contributed by atoms with van der Waals surface area (Å²) in [7, 11) is 0. The van der Waals surface area contributed by atoms with Crippen LogP contribution in [0.25, 0.3) is 0 Å². The standard InChI is InChI=1S/C20H25N3O2/c1-14-11-15(2)23(22-14)16(3)13-21-19(24)18-8-6-7-17(12-18)9-10-20(4,5)25/h6-8,11-12,16,25H,13H2,1-5H3,(H,21,24)/t16-/m1/s1. The molecule has 2 aromatic rings. The van der Waals surface area contributed by atoms with Crippen LogP contribution in [0.2, 0.25) is 0 Å². The van der Waals surface area contributed by atoms with Gasteiger partial charge in [0.2, 0.25) is 0 Å². The van der Waals surface area contributed by atoms with Crippen molar-refractivity contribution < 1.29 is 9.90 Å². The molecule has 1 aromatic heterocycles. The van der Waals surface area contributed by atoms with Crippen molar-refractivity contribution in [1.82, 2.24) is 15.1 Å². The lowest BCUT2D eigenvalue weighted by molar-refractivity contribution is 0.0947. The van der Waals surface area contributed by atoms with E-state index in [2.05, 4.69) is 22.3 Å². The van der Waals surface area contributed by atoms with Crippen molar-refractivity contribution in [3.63, 3.8) is 0 Å². The number of aliphatic hydroxyl groups is 1. The van der Waals surface area contributed by atoms with Gasteiger partial charge < -0.3 is 10.4 Å². The summed E-state index contributed by atoms with van der Waals surface area (Å²) in [6.07, 6.45) is 0. The van der Waals surface area contributed by atoms with E-state index in [1.165, 1.54) is 0 Å². The van der Waals surface area contributed by atoms with Gasteiger partial charge in [0, 0.05) is 23.4 Å². The predicted molar refractivity (Wildman–Crippen MR) is 98.4 cm³/mol. The molecule has 2 rings (SSSR count). The number of aromatic nitrogens is 2. The van der Waals surface area contributed by atoms with Crippen LogP contribution in [0.1, 0.15) is 54.1 Å². The zero-order chi connectivity index (χ0) is 18.6. The molecule has 0 spiro atoms. The number of nitrogens with zero attached hydrogens (tertiary/aromatic N) is 2. The summed E-state index contributed by atoms with van der Waals surface area (Å²) >= 11 is 0. The molecule has 132 valence electrons. The van der Waals surface area contributed by atoms with Gasteiger partial charge >= 0.3 is 0 Å². The van der Waals surface area contributed by atoms with Gasteiger partial charge in [-0.15, -0.1) is 0 Å². The first-order valence-corrected chi connectivity index (χ1v) is 8.32. The largest absolute Gasteiger partial charge is 0.378 e. The minimum absolute atomic E-state index is 0.0656. The quantitative estimate of drug-likeness (QED) is 0.842. The molecule has 0 aliphatic rings. The van der Waals surface area contributed by atoms with Gasteiger partial charge in [-0.3, -0.25) is 9.48 Å². The smallest absolute Gasteiger partial charge is 0.251 e. The second kappa shape index (κ2) is 7.54. The molecule has 0 fully saturated rings. The first-order valence-electron chi connectivity index (χ1n) is 8.32. The number of carbonyl (C=O) groups is 1. The summed E-state index contributed by atoms with van der Waals surface area (Å²) in [5, 5.41) is 17.1. The predicted octanol–water partition coefficient (Wildman–Crippen LogP) is 2.61. The SMILES string of the molecule is Cc1cc(C)n([C@H](C)CNC(=O)c2cccc(C#CC(C)(C)O)c2)n1. The fraction of sp³-hybridized carbons (Fsp3) is 0.400. The van der Waals surface area contributed by atoms with Crippen LogP contribution in [-0.2, 0) is 0 Å². The molecule has 1 heterocycles. The summed E-state index contributed by atoms with van der Waals surface area (Å²) in [5.41, 5.74) is 2.22. The fourth-order valence-corrected chi connectivity index (χ4v) is 2.48. The van der Waals surface area contributed by atoms with Gasteiger partial charge in [-0.25, -0.2) is 0 Å². The number of hydrogen-bond donors (Lipinski definition) is 2. The second-order valence-corrected chi connectivity index (χ2v) is 6.82. The van der Waals surface area contributed by atoms with Gasteiger partial charge in [-0.2, -0.15) is 5.10 Å². The minimum Gasteiger partial charge on any atom is -0.378 e. The Labute approximate surface area is 149 Å². The van der Waals surface area contributed by atoms with Crippen LogP contribution < -0.4 is 5.32 Å². The highest BCUT2D eigenvalue weighted by molar-refractivity contribution is 5.94. The van der Waals surface area contributed by atoms with Crippen molar-refractivity contribution in [2.24, 2.45) is 0 Å². The van der Waals surface area contributed by atoms with Crippen LogP contribution in [0.4, 0.5) is 0 Å². The van der Waals surface area contributed by atoms with Crippen molar-refractivity contribution in [1.29, 1.82) is 0 Å². The van der Waals surface area contributed by atoms with Crippen molar-refractivity contribution in [2.75, 3.05) is 6.54 Å². The third kappa shape index (κ3) is 5.47. The number of aryl methyl sites for hydroxylation is 2. The Morgan fingerprint density at radius 2 is 2.08 bits per heavy atom. The first kappa shape index (κ1) is 18.8. The molecule has 0 aliphatic heterocycles. The molecule has 0 saturated heterocycles. The summed E-state index contributed by atoms with van der Waals surface area (Å²) < 4.78 is 1.92. The monoisotopic (exact) mass is 339 g/mol. The average molecular weight is 339 g/mol. The maximum Gasteiger partial charge on any atom is 0.251 e. The van der Waals surface area contributed by atoms with Crippen LogP contribution in [-0.4, -0.2) is 32.9 Å². The Morgan fingerprint density at radius 1 is 1.36 bits per heavy atom. The molecule has 25 heavy (non-hydrogen) atoms. The average Bonchev–Trinajstić information content (AvgIpc) is 2.88. The van der Waals surface area contributed by atoms with Gasteiger partial charge in [0.15, 0.2) is 0 Å². The summed E-state index contributed by atoms with van der Waals surface area (Å²) in [6, 6.07) is 9.15. The Bertz CT molecular complexity index is 819. The minimum atomic E-state index is -1.06. The van der Waals surface area contributed by atoms with Gasteiger partial charge in [0.25, 0.3) is 5.91 Å². The van der Waals surface area contributed by atoms with Crippen LogP contribution in [0.5, 0.6) is 0 Å². The van der Waals surface area contributed by atoms with Gasteiger partial charge in [-0.1, -0.05) is 17.9 Å². The number of benzene rings is 1. The molecule has 1 aromatic carbocycles. The zero-order valence-electron chi connectivity index (χ0n) is 15.4. The summed E-state index contributed by atoms with van der Waals surface area (Å²) in [6.45, 7) is 9.71. The lowest BCUT2D eigenvalue weighted by Crippen LogP contribution is -2.30. The molecule has 0 unspecified atom stereocenters. The highest BCUT2D eigenvalue weighted by atomic mass is 16.3. The van der Waals surface area contributed by atoms with Crippen LogP contribution in [0.15, 0.2) is 30.3 Å². The summed E-state index contributed by atoms with van der Waals surface area (Å²) in [5.74, 6) is 5.48. The molecule has 2 N–H and O–H groups in total. The number of amides is 1. The molecule has 1 atom stereocenters. The van der Waals surface area contributed by atoms with E-state index in [0.717, 1.165) is 11.4 Å². The molecule has 1 amide bonds. The van der Waals surface area contributed by atoms with E-state index >= 15 is 0 Å². The van der Waals surface area contributed by atoms with E-state index < -0.39 is 5.60 Å². The van der Waals surface area contributed by atoms with Gasteiger partial charge in [0.1, 0.15) is 5.60 Å².